The molecule has 1 aliphatic heterocycles. The fourth-order valence-corrected chi connectivity index (χ4v) is 4.22. The van der Waals surface area contributed by atoms with Gasteiger partial charge in [-0.1, -0.05) is 41.4 Å². The number of hydrogen-bond acceptors (Lipinski definition) is 5. The van der Waals surface area contributed by atoms with E-state index in [1.165, 1.54) is 24.4 Å². The highest BCUT2D eigenvalue weighted by Gasteiger charge is 2.32. The first-order valence-corrected chi connectivity index (χ1v) is 13.6. The van der Waals surface area contributed by atoms with Crippen LogP contribution in [0.1, 0.15) is 22.8 Å². The molecular formula is C30H22Cl2F5N3O4. The van der Waals surface area contributed by atoms with Crippen LogP contribution in [0.25, 0.3) is 0 Å². The summed E-state index contributed by atoms with van der Waals surface area (Å²) in [7, 11) is 0. The molecule has 2 heterocycles. The summed E-state index contributed by atoms with van der Waals surface area (Å²) < 4.78 is 76.0. The molecule has 0 aliphatic carbocycles. The molecule has 0 saturated carbocycles. The number of alkyl halides is 5. The van der Waals surface area contributed by atoms with Gasteiger partial charge in [-0.05, 0) is 61.5 Å². The van der Waals surface area contributed by atoms with Crippen molar-refractivity contribution in [1.29, 1.82) is 0 Å². The Bertz CT molecular complexity index is 1660. The Balaban J connectivity index is 0.000000233. The standard InChI is InChI=1S/C19H11F5N2O2.C11H11Cl2NO2/c20-12-6-7-16(15(21)10-12)26-17(27)14-5-2-8-25-18(14)28-13-4-1-3-11(9-13)19(22,23)24;1-7-6-16-9-5-3-2-4-8(9)14(7)11(15)10(12)13/h1-10H,(H,26,27);2-5,7,10H,6H2,1H3. The second-order valence-corrected chi connectivity index (χ2v) is 10.3. The molecule has 7 nitrogen and oxygen atoms in total. The highest BCUT2D eigenvalue weighted by molar-refractivity contribution is 6.54. The zero-order chi connectivity index (χ0) is 32.0. The second kappa shape index (κ2) is 13.9. The second-order valence-electron chi connectivity index (χ2n) is 9.20. The molecule has 4 aromatic rings. The van der Waals surface area contributed by atoms with Gasteiger partial charge < -0.3 is 19.7 Å². The van der Waals surface area contributed by atoms with Crippen LogP contribution < -0.4 is 19.7 Å². The van der Waals surface area contributed by atoms with Gasteiger partial charge in [0.15, 0.2) is 4.84 Å². The predicted octanol–water partition coefficient (Wildman–Crippen LogP) is 8.03. The zero-order valence-electron chi connectivity index (χ0n) is 22.6. The van der Waals surface area contributed by atoms with Gasteiger partial charge in [0.25, 0.3) is 11.8 Å². The summed E-state index contributed by atoms with van der Waals surface area (Å²) in [6.45, 7) is 2.34. The van der Waals surface area contributed by atoms with Gasteiger partial charge in [0.05, 0.1) is 23.0 Å². The molecule has 1 atom stereocenters. The molecule has 0 radical (unpaired) electrons. The molecule has 44 heavy (non-hydrogen) atoms. The van der Waals surface area contributed by atoms with Gasteiger partial charge in [-0.3, -0.25) is 9.59 Å². The monoisotopic (exact) mass is 653 g/mol. The molecular weight excluding hydrogens is 632 g/mol. The van der Waals surface area contributed by atoms with Crippen LogP contribution in [0.2, 0.25) is 0 Å². The summed E-state index contributed by atoms with van der Waals surface area (Å²) in [4.78, 5) is 28.7. The molecule has 14 heteroatoms. The van der Waals surface area contributed by atoms with Crippen molar-refractivity contribution in [2.24, 2.45) is 0 Å². The first-order valence-electron chi connectivity index (χ1n) is 12.7. The number of nitrogens with one attached hydrogen (secondary N) is 1. The van der Waals surface area contributed by atoms with Crippen LogP contribution >= 0.6 is 23.2 Å². The third kappa shape index (κ3) is 7.94. The normalized spacial score (nSPS) is 14.1. The van der Waals surface area contributed by atoms with Gasteiger partial charge in [-0.25, -0.2) is 13.8 Å². The van der Waals surface area contributed by atoms with E-state index in [0.29, 0.717) is 18.4 Å². The average molecular weight is 654 g/mol. The molecule has 2 amide bonds. The number of aromatic nitrogens is 1. The molecule has 1 N–H and O–H groups in total. The third-order valence-electron chi connectivity index (χ3n) is 6.04. The number of ether oxygens (including phenoxy) is 2. The van der Waals surface area contributed by atoms with Crippen LogP contribution in [0.4, 0.5) is 33.3 Å². The van der Waals surface area contributed by atoms with E-state index < -0.39 is 34.1 Å². The quantitative estimate of drug-likeness (QED) is 0.174. The molecule has 0 saturated heterocycles. The maximum atomic E-state index is 13.7. The van der Waals surface area contributed by atoms with Crippen molar-refractivity contribution in [2.45, 2.75) is 24.0 Å². The number of benzene rings is 3. The number of carbonyl (C=O) groups excluding carboxylic acids is 2. The van der Waals surface area contributed by atoms with Crippen LogP contribution in [0, 0.1) is 11.6 Å². The molecule has 1 aliphatic rings. The summed E-state index contributed by atoms with van der Waals surface area (Å²) in [5.41, 5.74) is -0.637. The molecule has 0 spiro atoms. The number of hydrogen-bond donors (Lipinski definition) is 1. The van der Waals surface area contributed by atoms with Crippen LogP contribution in [-0.2, 0) is 11.0 Å². The van der Waals surface area contributed by atoms with Crippen molar-refractivity contribution < 1.29 is 41.0 Å². The molecule has 1 unspecified atom stereocenters. The zero-order valence-corrected chi connectivity index (χ0v) is 24.1. The largest absolute Gasteiger partial charge is 0.489 e. The topological polar surface area (TPSA) is 80.8 Å². The number of nitrogens with zero attached hydrogens (tertiary/aromatic N) is 2. The summed E-state index contributed by atoms with van der Waals surface area (Å²) >= 11 is 11.3. The Labute approximate surface area is 258 Å². The number of halogens is 7. The Kier molecular flexibility index (Phi) is 10.3. The van der Waals surface area contributed by atoms with E-state index in [1.54, 1.807) is 4.90 Å². The van der Waals surface area contributed by atoms with Crippen LogP contribution in [0.3, 0.4) is 0 Å². The van der Waals surface area contributed by atoms with E-state index in [0.717, 1.165) is 36.0 Å². The maximum absolute atomic E-state index is 13.7. The van der Waals surface area contributed by atoms with Gasteiger partial charge >= 0.3 is 6.18 Å². The van der Waals surface area contributed by atoms with Crippen molar-refractivity contribution in [2.75, 3.05) is 16.8 Å². The SMILES string of the molecule is CC1COc2ccccc2N1C(=O)C(Cl)Cl.O=C(Nc1ccc(F)cc1F)c1cccnc1Oc1cccc(C(F)(F)F)c1. The molecule has 0 fully saturated rings. The highest BCUT2D eigenvalue weighted by Crippen LogP contribution is 2.35. The van der Waals surface area contributed by atoms with Crippen LogP contribution in [-0.4, -0.2) is 34.3 Å². The Hall–Kier alpha value is -4.42. The first-order chi connectivity index (χ1) is 20.8. The maximum Gasteiger partial charge on any atom is 0.416 e. The summed E-state index contributed by atoms with van der Waals surface area (Å²) in [5, 5.41) is 2.23. The average Bonchev–Trinajstić information content (AvgIpc) is 2.98. The lowest BCUT2D eigenvalue weighted by Gasteiger charge is -2.35. The smallest absolute Gasteiger partial charge is 0.416 e. The van der Waals surface area contributed by atoms with Crippen molar-refractivity contribution in [3.8, 4) is 17.4 Å². The van der Waals surface area contributed by atoms with Gasteiger partial charge in [0.2, 0.25) is 5.88 Å². The highest BCUT2D eigenvalue weighted by atomic mass is 35.5. The number of pyridine rings is 1. The lowest BCUT2D eigenvalue weighted by atomic mass is 10.1. The Morgan fingerprint density at radius 1 is 1.02 bits per heavy atom. The number of anilines is 2. The Morgan fingerprint density at radius 2 is 1.77 bits per heavy atom. The molecule has 1 aromatic heterocycles. The van der Waals surface area contributed by atoms with E-state index >= 15 is 0 Å². The number of rotatable bonds is 5. The van der Waals surface area contributed by atoms with E-state index in [9.17, 15) is 31.5 Å². The van der Waals surface area contributed by atoms with Gasteiger partial charge in [0.1, 0.15) is 35.3 Å². The van der Waals surface area contributed by atoms with E-state index in [4.69, 9.17) is 32.7 Å². The molecule has 0 bridgehead atoms. The van der Waals surface area contributed by atoms with Crippen LogP contribution in [0.5, 0.6) is 17.4 Å². The minimum Gasteiger partial charge on any atom is -0.489 e. The molecule has 230 valence electrons. The van der Waals surface area contributed by atoms with Crippen molar-refractivity contribution in [3.63, 3.8) is 0 Å². The number of amides is 2. The fourth-order valence-electron chi connectivity index (χ4n) is 4.01. The minimum absolute atomic E-state index is 0.0672. The van der Waals surface area contributed by atoms with E-state index in [2.05, 4.69) is 10.3 Å². The number of fused-ring (bicyclic) bond motifs is 1. The Morgan fingerprint density at radius 3 is 2.48 bits per heavy atom. The van der Waals surface area contributed by atoms with Crippen molar-refractivity contribution >= 4 is 46.4 Å². The third-order valence-corrected chi connectivity index (χ3v) is 6.41. The van der Waals surface area contributed by atoms with Gasteiger partial charge in [-0.15, -0.1) is 0 Å². The predicted molar refractivity (Wildman–Crippen MR) is 154 cm³/mol. The number of carbonyl (C=O) groups is 2. The minimum atomic E-state index is -4.57. The first kappa shape index (κ1) is 32.5. The lowest BCUT2D eigenvalue weighted by molar-refractivity contribution is -0.137. The van der Waals surface area contributed by atoms with Crippen molar-refractivity contribution in [3.05, 3.63) is 108 Å². The molecule has 5 rings (SSSR count). The summed E-state index contributed by atoms with van der Waals surface area (Å²) in [6, 6.07) is 16.6. The van der Waals surface area contributed by atoms with E-state index in [-0.39, 0.29) is 34.8 Å². The fraction of sp³-hybridized carbons (Fsp3) is 0.167. The molecule has 3 aromatic carbocycles. The summed E-state index contributed by atoms with van der Waals surface area (Å²) in [5.74, 6) is -2.73. The summed E-state index contributed by atoms with van der Waals surface area (Å²) in [6.07, 6.45) is -3.29. The van der Waals surface area contributed by atoms with Gasteiger partial charge in [0, 0.05) is 12.3 Å². The van der Waals surface area contributed by atoms with Gasteiger partial charge in [-0.2, -0.15) is 13.2 Å². The van der Waals surface area contributed by atoms with Crippen LogP contribution in [0.15, 0.2) is 85.1 Å². The van der Waals surface area contributed by atoms with Crippen molar-refractivity contribution in [1.82, 2.24) is 4.98 Å². The number of para-hydroxylation sites is 2. The van der Waals surface area contributed by atoms with E-state index in [1.807, 2.05) is 31.2 Å². The lowest BCUT2D eigenvalue weighted by Crippen LogP contribution is -2.47.